The molecule has 0 spiro atoms. The van der Waals surface area contributed by atoms with Gasteiger partial charge in [-0.05, 0) is 30.2 Å². The van der Waals surface area contributed by atoms with E-state index in [2.05, 4.69) is 10.9 Å². The summed E-state index contributed by atoms with van der Waals surface area (Å²) in [5.41, 5.74) is 5.58. The highest BCUT2D eigenvalue weighted by atomic mass is 35.5. The van der Waals surface area contributed by atoms with Gasteiger partial charge >= 0.3 is 0 Å². The third kappa shape index (κ3) is 4.23. The zero-order valence-corrected chi connectivity index (χ0v) is 12.4. The van der Waals surface area contributed by atoms with E-state index in [1.54, 1.807) is 48.5 Å². The summed E-state index contributed by atoms with van der Waals surface area (Å²) in [4.78, 5) is 23.6. The van der Waals surface area contributed by atoms with Crippen molar-refractivity contribution in [2.45, 2.75) is 12.8 Å². The van der Waals surface area contributed by atoms with Crippen LogP contribution in [0, 0.1) is 0 Å². The molecule has 6 heteroatoms. The van der Waals surface area contributed by atoms with Crippen molar-refractivity contribution in [2.24, 2.45) is 0 Å². The van der Waals surface area contributed by atoms with Crippen LogP contribution in [0.25, 0.3) is 0 Å². The lowest BCUT2D eigenvalue weighted by atomic mass is 10.1. The van der Waals surface area contributed by atoms with E-state index in [-0.39, 0.29) is 23.6 Å². The summed E-state index contributed by atoms with van der Waals surface area (Å²) in [6, 6.07) is 13.3. The molecule has 0 aliphatic heterocycles. The fourth-order valence-electron chi connectivity index (χ4n) is 1.87. The van der Waals surface area contributed by atoms with Crippen molar-refractivity contribution in [2.75, 3.05) is 0 Å². The molecule has 0 aromatic heterocycles. The Bertz CT molecular complexity index is 689. The number of phenols is 1. The molecule has 2 amide bonds. The number of hydrazine groups is 1. The number of hydrogen-bond donors (Lipinski definition) is 3. The third-order valence-corrected chi connectivity index (χ3v) is 3.38. The number of halogens is 1. The maximum absolute atomic E-state index is 11.8. The first-order chi connectivity index (χ1) is 10.6. The van der Waals surface area contributed by atoms with Gasteiger partial charge in [0.25, 0.3) is 5.91 Å². The van der Waals surface area contributed by atoms with Crippen LogP contribution >= 0.6 is 11.6 Å². The Labute approximate surface area is 132 Å². The molecule has 22 heavy (non-hydrogen) atoms. The molecule has 0 radical (unpaired) electrons. The van der Waals surface area contributed by atoms with E-state index in [4.69, 9.17) is 11.6 Å². The normalized spacial score (nSPS) is 10.0. The third-order valence-electron chi connectivity index (χ3n) is 3.05. The van der Waals surface area contributed by atoms with Gasteiger partial charge in [-0.3, -0.25) is 20.4 Å². The second-order valence-corrected chi connectivity index (χ2v) is 5.02. The second-order valence-electron chi connectivity index (χ2n) is 4.61. The van der Waals surface area contributed by atoms with Crippen LogP contribution in [0.15, 0.2) is 48.5 Å². The predicted molar refractivity (Wildman–Crippen MR) is 83.5 cm³/mol. The molecular formula is C16H15ClN2O3. The molecule has 0 unspecified atom stereocenters. The first-order valence-electron chi connectivity index (χ1n) is 6.68. The molecule has 114 valence electrons. The number of phenolic OH excluding ortho intramolecular Hbond substituents is 1. The van der Waals surface area contributed by atoms with Gasteiger partial charge < -0.3 is 5.11 Å². The van der Waals surface area contributed by atoms with Crippen LogP contribution in [-0.2, 0) is 11.2 Å². The fraction of sp³-hybridized carbons (Fsp3) is 0.125. The van der Waals surface area contributed by atoms with Crippen molar-refractivity contribution in [3.8, 4) is 5.75 Å². The predicted octanol–water partition coefficient (Wildman–Crippen LogP) is 2.44. The van der Waals surface area contributed by atoms with Gasteiger partial charge in [0.05, 0.1) is 10.6 Å². The molecule has 0 heterocycles. The average Bonchev–Trinajstić information content (AvgIpc) is 2.52. The Balaban J connectivity index is 1.82. The van der Waals surface area contributed by atoms with Crippen LogP contribution in [0.2, 0.25) is 5.02 Å². The number of carbonyl (C=O) groups is 2. The molecule has 0 saturated carbocycles. The SMILES string of the molecule is O=C(CCc1ccccc1O)NNC(=O)c1ccccc1Cl. The van der Waals surface area contributed by atoms with Crippen LogP contribution < -0.4 is 10.9 Å². The quantitative estimate of drug-likeness (QED) is 0.758. The smallest absolute Gasteiger partial charge is 0.271 e. The monoisotopic (exact) mass is 318 g/mol. The molecule has 3 N–H and O–H groups in total. The number of para-hydroxylation sites is 1. The van der Waals surface area contributed by atoms with E-state index in [9.17, 15) is 14.7 Å². The molecule has 0 aliphatic rings. The molecule has 5 nitrogen and oxygen atoms in total. The summed E-state index contributed by atoms with van der Waals surface area (Å²) >= 11 is 5.89. The van der Waals surface area contributed by atoms with Crippen LogP contribution in [0.4, 0.5) is 0 Å². The van der Waals surface area contributed by atoms with Crippen LogP contribution in [0.1, 0.15) is 22.3 Å². The Morgan fingerprint density at radius 3 is 2.41 bits per heavy atom. The lowest BCUT2D eigenvalue weighted by Gasteiger charge is -2.09. The lowest BCUT2D eigenvalue weighted by Crippen LogP contribution is -2.41. The Morgan fingerprint density at radius 1 is 1.00 bits per heavy atom. The molecule has 2 rings (SSSR count). The second kappa shape index (κ2) is 7.47. The number of carbonyl (C=O) groups excluding carboxylic acids is 2. The number of aromatic hydroxyl groups is 1. The largest absolute Gasteiger partial charge is 0.508 e. The van der Waals surface area contributed by atoms with Crippen molar-refractivity contribution in [3.63, 3.8) is 0 Å². The first kappa shape index (κ1) is 15.9. The number of amides is 2. The molecule has 0 fully saturated rings. The summed E-state index contributed by atoms with van der Waals surface area (Å²) in [6.45, 7) is 0. The molecule has 0 aliphatic carbocycles. The zero-order valence-electron chi connectivity index (χ0n) is 11.7. The maximum Gasteiger partial charge on any atom is 0.271 e. The van der Waals surface area contributed by atoms with E-state index < -0.39 is 5.91 Å². The van der Waals surface area contributed by atoms with Gasteiger partial charge in [-0.1, -0.05) is 41.9 Å². The van der Waals surface area contributed by atoms with Crippen LogP contribution in [0.5, 0.6) is 5.75 Å². The Kier molecular flexibility index (Phi) is 5.38. The molecule has 2 aromatic carbocycles. The van der Waals surface area contributed by atoms with Crippen LogP contribution in [0.3, 0.4) is 0 Å². The maximum atomic E-state index is 11.8. The standard InChI is InChI=1S/C16H15ClN2O3/c17-13-7-3-2-6-12(13)16(22)19-18-15(21)10-9-11-5-1-4-8-14(11)20/h1-8,20H,9-10H2,(H,18,21)(H,19,22). The van der Waals surface area contributed by atoms with Gasteiger partial charge in [0.15, 0.2) is 0 Å². The van der Waals surface area contributed by atoms with E-state index in [1.807, 2.05) is 0 Å². The zero-order chi connectivity index (χ0) is 15.9. The minimum Gasteiger partial charge on any atom is -0.508 e. The van der Waals surface area contributed by atoms with Crippen molar-refractivity contribution < 1.29 is 14.7 Å². The Morgan fingerprint density at radius 2 is 1.68 bits per heavy atom. The summed E-state index contributed by atoms with van der Waals surface area (Å²) in [5, 5.41) is 9.91. The fourth-order valence-corrected chi connectivity index (χ4v) is 2.09. The summed E-state index contributed by atoms with van der Waals surface area (Å²) in [7, 11) is 0. The number of aryl methyl sites for hydroxylation is 1. The topological polar surface area (TPSA) is 78.4 Å². The molecular weight excluding hydrogens is 304 g/mol. The molecule has 2 aromatic rings. The average molecular weight is 319 g/mol. The van der Waals surface area contributed by atoms with Gasteiger partial charge in [0, 0.05) is 6.42 Å². The molecule has 0 bridgehead atoms. The number of benzene rings is 2. The van der Waals surface area contributed by atoms with E-state index >= 15 is 0 Å². The summed E-state index contributed by atoms with van der Waals surface area (Å²) in [6.07, 6.45) is 0.515. The van der Waals surface area contributed by atoms with E-state index in [1.165, 1.54) is 0 Å². The van der Waals surface area contributed by atoms with Crippen molar-refractivity contribution in [3.05, 3.63) is 64.7 Å². The van der Waals surface area contributed by atoms with Crippen molar-refractivity contribution in [1.29, 1.82) is 0 Å². The Hall–Kier alpha value is -2.53. The minimum absolute atomic E-state index is 0.139. The van der Waals surface area contributed by atoms with Gasteiger partial charge in [0.1, 0.15) is 5.75 Å². The van der Waals surface area contributed by atoms with E-state index in [0.29, 0.717) is 17.0 Å². The summed E-state index contributed by atoms with van der Waals surface area (Å²) < 4.78 is 0. The lowest BCUT2D eigenvalue weighted by molar-refractivity contribution is -0.121. The number of rotatable bonds is 4. The number of hydrogen-bond acceptors (Lipinski definition) is 3. The highest BCUT2D eigenvalue weighted by Crippen LogP contribution is 2.17. The minimum atomic E-state index is -0.485. The van der Waals surface area contributed by atoms with Gasteiger partial charge in [-0.25, -0.2) is 0 Å². The van der Waals surface area contributed by atoms with Gasteiger partial charge in [0.2, 0.25) is 5.91 Å². The molecule has 0 saturated heterocycles. The first-order valence-corrected chi connectivity index (χ1v) is 7.06. The van der Waals surface area contributed by atoms with Crippen molar-refractivity contribution in [1.82, 2.24) is 10.9 Å². The number of nitrogens with one attached hydrogen (secondary N) is 2. The van der Waals surface area contributed by atoms with Crippen molar-refractivity contribution >= 4 is 23.4 Å². The highest BCUT2D eigenvalue weighted by Gasteiger charge is 2.11. The highest BCUT2D eigenvalue weighted by molar-refractivity contribution is 6.33. The van der Waals surface area contributed by atoms with E-state index in [0.717, 1.165) is 0 Å². The van der Waals surface area contributed by atoms with Crippen LogP contribution in [-0.4, -0.2) is 16.9 Å². The summed E-state index contributed by atoms with van der Waals surface area (Å²) in [5.74, 6) is -0.694. The van der Waals surface area contributed by atoms with Gasteiger partial charge in [-0.2, -0.15) is 0 Å². The molecule has 0 atom stereocenters. The van der Waals surface area contributed by atoms with Gasteiger partial charge in [-0.15, -0.1) is 0 Å².